The van der Waals surface area contributed by atoms with Gasteiger partial charge >= 0.3 is 0 Å². The second kappa shape index (κ2) is 11.3. The first-order valence-electron chi connectivity index (χ1n) is 7.92. The van der Waals surface area contributed by atoms with Crippen LogP contribution in [0.2, 0.25) is 0 Å². The van der Waals surface area contributed by atoms with Gasteiger partial charge in [0, 0.05) is 6.54 Å². The van der Waals surface area contributed by atoms with Gasteiger partial charge in [-0.3, -0.25) is 0 Å². The van der Waals surface area contributed by atoms with Gasteiger partial charge < -0.3 is 14.4 Å². The number of hydrogen-bond acceptors (Lipinski definition) is 3. The Kier molecular flexibility index (Phi) is 10.0. The number of ether oxygens (including phenoxy) is 2. The normalized spacial score (nSPS) is 12.6. The van der Waals surface area contributed by atoms with E-state index in [1.165, 1.54) is 5.56 Å². The molecule has 0 aliphatic rings. The first-order chi connectivity index (χ1) is 10.2. The van der Waals surface area contributed by atoms with Crippen molar-refractivity contribution in [2.24, 2.45) is 0 Å². The summed E-state index contributed by atoms with van der Waals surface area (Å²) in [7, 11) is 0. The molecule has 0 spiro atoms. The van der Waals surface area contributed by atoms with Gasteiger partial charge in [-0.05, 0) is 59.8 Å². The van der Waals surface area contributed by atoms with Crippen molar-refractivity contribution in [3.8, 4) is 5.75 Å². The fourth-order valence-electron chi connectivity index (χ4n) is 1.97. The van der Waals surface area contributed by atoms with Crippen LogP contribution in [0.3, 0.4) is 0 Å². The highest BCUT2D eigenvalue weighted by Crippen LogP contribution is 2.26. The highest BCUT2D eigenvalue weighted by molar-refractivity contribution is 14.1. The third-order valence-electron chi connectivity index (χ3n) is 3.47. The Labute approximate surface area is 143 Å². The molecule has 0 fully saturated rings. The molecule has 120 valence electrons. The number of hydrogen-bond donors (Lipinski definition) is 0. The Morgan fingerprint density at radius 3 is 2.29 bits per heavy atom. The van der Waals surface area contributed by atoms with E-state index in [-0.39, 0.29) is 4.11 Å². The molecule has 0 amide bonds. The van der Waals surface area contributed by atoms with E-state index in [1.54, 1.807) is 0 Å². The quantitative estimate of drug-likeness (QED) is 0.304. The maximum Gasteiger partial charge on any atom is 0.133 e. The zero-order chi connectivity index (χ0) is 15.5. The van der Waals surface area contributed by atoms with Crippen molar-refractivity contribution >= 4 is 22.6 Å². The predicted octanol–water partition coefficient (Wildman–Crippen LogP) is 4.66. The molecule has 0 N–H and O–H groups in total. The molecule has 0 aliphatic heterocycles. The Morgan fingerprint density at radius 1 is 1.05 bits per heavy atom. The van der Waals surface area contributed by atoms with Crippen LogP contribution in [-0.4, -0.2) is 37.7 Å². The van der Waals surface area contributed by atoms with Crippen molar-refractivity contribution in [3.63, 3.8) is 0 Å². The van der Waals surface area contributed by atoms with E-state index in [9.17, 15) is 0 Å². The molecule has 1 aromatic carbocycles. The van der Waals surface area contributed by atoms with E-state index in [4.69, 9.17) is 9.47 Å². The zero-order valence-corrected chi connectivity index (χ0v) is 15.6. The van der Waals surface area contributed by atoms with Gasteiger partial charge in [-0.25, -0.2) is 0 Å². The van der Waals surface area contributed by atoms with E-state index in [2.05, 4.69) is 60.4 Å². The Bertz CT molecular complexity index is 366. The summed E-state index contributed by atoms with van der Waals surface area (Å²) in [6, 6.07) is 8.25. The highest BCUT2D eigenvalue weighted by atomic mass is 127. The van der Waals surface area contributed by atoms with Gasteiger partial charge in [-0.1, -0.05) is 39.3 Å². The fourth-order valence-corrected chi connectivity index (χ4v) is 2.64. The average Bonchev–Trinajstić information content (AvgIpc) is 2.52. The second-order valence-corrected chi connectivity index (χ2v) is 6.12. The van der Waals surface area contributed by atoms with E-state index in [1.807, 2.05) is 12.1 Å². The van der Waals surface area contributed by atoms with Crippen LogP contribution in [0.25, 0.3) is 0 Å². The molecule has 1 rings (SSSR count). The third-order valence-corrected chi connectivity index (χ3v) is 4.55. The van der Waals surface area contributed by atoms with Crippen molar-refractivity contribution in [3.05, 3.63) is 29.8 Å². The topological polar surface area (TPSA) is 21.7 Å². The summed E-state index contributed by atoms with van der Waals surface area (Å²) in [6.45, 7) is 11.2. The number of rotatable bonds is 11. The molecule has 1 aromatic rings. The number of alkyl halides is 1. The van der Waals surface area contributed by atoms with E-state index < -0.39 is 0 Å². The first kappa shape index (κ1) is 18.7. The third kappa shape index (κ3) is 7.47. The molecule has 0 bridgehead atoms. The molecule has 4 heteroatoms. The second-order valence-electron chi connectivity index (χ2n) is 4.98. The van der Waals surface area contributed by atoms with Crippen LogP contribution in [0.4, 0.5) is 0 Å². The Hall–Kier alpha value is -0.330. The summed E-state index contributed by atoms with van der Waals surface area (Å²) < 4.78 is 11.7. The van der Waals surface area contributed by atoms with Gasteiger partial charge in [0.2, 0.25) is 0 Å². The molecule has 0 aromatic heterocycles. The largest absolute Gasteiger partial charge is 0.494 e. The smallest absolute Gasteiger partial charge is 0.133 e. The van der Waals surface area contributed by atoms with Gasteiger partial charge in [0.15, 0.2) is 0 Å². The summed E-state index contributed by atoms with van der Waals surface area (Å²) in [5.74, 6) is 0.943. The SMILES string of the molecule is CCCCOc1ccc([C@@H](I)OCCN(CC)CC)cc1. The maximum absolute atomic E-state index is 5.90. The van der Waals surface area contributed by atoms with Crippen LogP contribution < -0.4 is 4.74 Å². The number of benzene rings is 1. The molecule has 0 unspecified atom stereocenters. The van der Waals surface area contributed by atoms with E-state index in [0.717, 1.165) is 51.4 Å². The summed E-state index contributed by atoms with van der Waals surface area (Å²) in [6.07, 6.45) is 2.26. The van der Waals surface area contributed by atoms with Crippen LogP contribution in [0, 0.1) is 0 Å². The number of unbranched alkanes of at least 4 members (excludes halogenated alkanes) is 1. The van der Waals surface area contributed by atoms with Gasteiger partial charge in [-0.15, -0.1) is 0 Å². The van der Waals surface area contributed by atoms with Crippen LogP contribution in [0.15, 0.2) is 24.3 Å². The zero-order valence-electron chi connectivity index (χ0n) is 13.5. The van der Waals surface area contributed by atoms with Crippen LogP contribution in [-0.2, 0) is 4.74 Å². The highest BCUT2D eigenvalue weighted by Gasteiger charge is 2.08. The van der Waals surface area contributed by atoms with Crippen LogP contribution in [0.5, 0.6) is 5.75 Å². The van der Waals surface area contributed by atoms with Crippen molar-refractivity contribution < 1.29 is 9.47 Å². The first-order valence-corrected chi connectivity index (χ1v) is 9.16. The van der Waals surface area contributed by atoms with Crippen molar-refractivity contribution in [2.75, 3.05) is 32.8 Å². The maximum atomic E-state index is 5.90. The van der Waals surface area contributed by atoms with E-state index >= 15 is 0 Å². The minimum atomic E-state index is 0.0999. The number of nitrogens with zero attached hydrogens (tertiary/aromatic N) is 1. The molecule has 1 atom stereocenters. The standard InChI is InChI=1S/C17H28INO2/c1-4-7-13-20-16-10-8-15(9-11-16)17(18)21-14-12-19(5-2)6-3/h8-11,17H,4-7,12-14H2,1-3H3/t17-/m0/s1. The van der Waals surface area contributed by atoms with Gasteiger partial charge in [0.1, 0.15) is 9.86 Å². The predicted molar refractivity (Wildman–Crippen MR) is 97.3 cm³/mol. The van der Waals surface area contributed by atoms with Crippen molar-refractivity contribution in [2.45, 2.75) is 37.7 Å². The lowest BCUT2D eigenvalue weighted by atomic mass is 10.2. The minimum absolute atomic E-state index is 0.0999. The Balaban J connectivity index is 2.35. The fraction of sp³-hybridized carbons (Fsp3) is 0.647. The molecule has 0 heterocycles. The summed E-state index contributed by atoms with van der Waals surface area (Å²) in [5, 5.41) is 0. The average molecular weight is 405 g/mol. The molecule has 21 heavy (non-hydrogen) atoms. The minimum Gasteiger partial charge on any atom is -0.494 e. The van der Waals surface area contributed by atoms with Crippen LogP contribution in [0.1, 0.15) is 43.3 Å². The van der Waals surface area contributed by atoms with Crippen LogP contribution >= 0.6 is 22.6 Å². The van der Waals surface area contributed by atoms with Gasteiger partial charge in [-0.2, -0.15) is 0 Å². The summed E-state index contributed by atoms with van der Waals surface area (Å²) in [4.78, 5) is 2.37. The Morgan fingerprint density at radius 2 is 1.71 bits per heavy atom. The molecular formula is C17H28INO2. The molecule has 3 nitrogen and oxygen atoms in total. The molecule has 0 saturated carbocycles. The van der Waals surface area contributed by atoms with Crippen molar-refractivity contribution in [1.82, 2.24) is 4.90 Å². The lowest BCUT2D eigenvalue weighted by Gasteiger charge is -2.19. The summed E-state index contributed by atoms with van der Waals surface area (Å²) in [5.41, 5.74) is 1.19. The van der Waals surface area contributed by atoms with E-state index in [0.29, 0.717) is 0 Å². The van der Waals surface area contributed by atoms with Crippen molar-refractivity contribution in [1.29, 1.82) is 0 Å². The monoisotopic (exact) mass is 405 g/mol. The van der Waals surface area contributed by atoms with Gasteiger partial charge in [0.25, 0.3) is 0 Å². The van der Waals surface area contributed by atoms with Gasteiger partial charge in [0.05, 0.1) is 13.2 Å². The number of likely N-dealkylation sites (N-methyl/N-ethyl adjacent to an activating group) is 1. The lowest BCUT2D eigenvalue weighted by Crippen LogP contribution is -2.27. The summed E-state index contributed by atoms with van der Waals surface area (Å²) >= 11 is 2.34. The molecule has 0 saturated heterocycles. The molecule has 0 aliphatic carbocycles. The lowest BCUT2D eigenvalue weighted by molar-refractivity contribution is 0.0984. The molecule has 0 radical (unpaired) electrons. The number of halogens is 1. The molecular weight excluding hydrogens is 377 g/mol.